The van der Waals surface area contributed by atoms with Crippen LogP contribution in [-0.4, -0.2) is 19.1 Å². The molecule has 2 nitrogen and oxygen atoms in total. The maximum Gasteiger partial charge on any atom is 0.0426 e. The quantitative estimate of drug-likeness (QED) is 0.862. The molecule has 1 aromatic rings. The zero-order valence-corrected chi connectivity index (χ0v) is 13.7. The molecule has 1 unspecified atom stereocenters. The highest BCUT2D eigenvalue weighted by atomic mass is 35.5. The van der Waals surface area contributed by atoms with Crippen molar-refractivity contribution in [1.82, 2.24) is 5.32 Å². The van der Waals surface area contributed by atoms with Crippen molar-refractivity contribution >= 4 is 17.3 Å². The second-order valence-electron chi connectivity index (χ2n) is 6.17. The van der Waals surface area contributed by atoms with E-state index in [-0.39, 0.29) is 0 Å². The van der Waals surface area contributed by atoms with E-state index in [0.717, 1.165) is 24.0 Å². The van der Waals surface area contributed by atoms with Gasteiger partial charge in [0.1, 0.15) is 0 Å². The average molecular weight is 295 g/mol. The Balaban J connectivity index is 2.17. The third kappa shape index (κ3) is 4.13. The maximum absolute atomic E-state index is 6.22. The summed E-state index contributed by atoms with van der Waals surface area (Å²) in [5, 5.41) is 4.36. The minimum absolute atomic E-state index is 0.503. The molecule has 112 valence electrons. The van der Waals surface area contributed by atoms with Crippen LogP contribution in [0.4, 0.5) is 5.69 Å². The number of hydrogen-bond donors (Lipinski definition) is 1. The number of nitrogens with one attached hydrogen (secondary N) is 1. The Morgan fingerprint density at radius 1 is 1.40 bits per heavy atom. The van der Waals surface area contributed by atoms with Crippen LogP contribution in [0.15, 0.2) is 18.2 Å². The number of rotatable bonds is 5. The molecule has 0 aromatic heterocycles. The molecular weight excluding hydrogens is 268 g/mol. The Bertz CT molecular complexity index is 431. The van der Waals surface area contributed by atoms with E-state index in [1.54, 1.807) is 0 Å². The number of hydrogen-bond acceptors (Lipinski definition) is 2. The van der Waals surface area contributed by atoms with Crippen LogP contribution < -0.4 is 10.2 Å². The Morgan fingerprint density at radius 2 is 2.20 bits per heavy atom. The van der Waals surface area contributed by atoms with Gasteiger partial charge in [-0.25, -0.2) is 0 Å². The number of halogens is 1. The molecule has 1 heterocycles. The van der Waals surface area contributed by atoms with Crippen molar-refractivity contribution in [2.45, 2.75) is 52.6 Å². The molecule has 0 radical (unpaired) electrons. The molecule has 0 amide bonds. The summed E-state index contributed by atoms with van der Waals surface area (Å²) < 4.78 is 0. The lowest BCUT2D eigenvalue weighted by atomic mass is 9.94. The molecule has 0 saturated carbocycles. The van der Waals surface area contributed by atoms with E-state index in [1.165, 1.54) is 37.1 Å². The first-order chi connectivity index (χ1) is 9.60. The summed E-state index contributed by atoms with van der Waals surface area (Å²) in [6, 6.07) is 6.81. The molecular formula is C17H27ClN2. The number of benzene rings is 1. The fourth-order valence-electron chi connectivity index (χ4n) is 2.91. The fraction of sp³-hybridized carbons (Fsp3) is 0.647. The van der Waals surface area contributed by atoms with E-state index in [2.05, 4.69) is 43.1 Å². The Labute approximate surface area is 128 Å². The van der Waals surface area contributed by atoms with Crippen molar-refractivity contribution < 1.29 is 0 Å². The minimum atomic E-state index is 0.503. The Morgan fingerprint density at radius 3 is 2.90 bits per heavy atom. The lowest BCUT2D eigenvalue weighted by molar-refractivity contribution is 0.404. The summed E-state index contributed by atoms with van der Waals surface area (Å²) in [6.45, 7) is 9.91. The normalized spacial score (nSPS) is 19.6. The lowest BCUT2D eigenvalue weighted by Crippen LogP contribution is -2.36. The highest BCUT2D eigenvalue weighted by Gasteiger charge is 2.20. The standard InChI is InChI=1S/C17H27ClN2/c1-4-14-6-5-9-20(12-14)17-10-16(18)8-7-15(17)11-19-13(2)3/h7-8,10,13-14,19H,4-6,9,11-12H2,1-3H3. The third-order valence-corrected chi connectivity index (χ3v) is 4.42. The van der Waals surface area contributed by atoms with Gasteiger partial charge in [-0.15, -0.1) is 0 Å². The predicted molar refractivity (Wildman–Crippen MR) is 88.7 cm³/mol. The number of anilines is 1. The summed E-state index contributed by atoms with van der Waals surface area (Å²) >= 11 is 6.22. The minimum Gasteiger partial charge on any atom is -0.371 e. The summed E-state index contributed by atoms with van der Waals surface area (Å²) in [6.07, 6.45) is 3.94. The van der Waals surface area contributed by atoms with Crippen LogP contribution in [0.25, 0.3) is 0 Å². The van der Waals surface area contributed by atoms with Crippen molar-refractivity contribution in [3.8, 4) is 0 Å². The molecule has 1 aliphatic rings. The Hall–Kier alpha value is -0.730. The largest absolute Gasteiger partial charge is 0.371 e. The molecule has 1 N–H and O–H groups in total. The summed E-state index contributed by atoms with van der Waals surface area (Å²) in [5.74, 6) is 0.827. The molecule has 1 aromatic carbocycles. The van der Waals surface area contributed by atoms with E-state index in [4.69, 9.17) is 11.6 Å². The van der Waals surface area contributed by atoms with Gasteiger partial charge in [0.2, 0.25) is 0 Å². The number of nitrogens with zero attached hydrogens (tertiary/aromatic N) is 1. The molecule has 1 aliphatic heterocycles. The van der Waals surface area contributed by atoms with Gasteiger partial charge in [-0.1, -0.05) is 44.9 Å². The van der Waals surface area contributed by atoms with Gasteiger partial charge in [-0.05, 0) is 36.5 Å². The molecule has 0 aliphatic carbocycles. The van der Waals surface area contributed by atoms with Crippen LogP contribution in [0.5, 0.6) is 0 Å². The van der Waals surface area contributed by atoms with Crippen LogP contribution in [0.1, 0.15) is 45.6 Å². The van der Waals surface area contributed by atoms with E-state index >= 15 is 0 Å². The molecule has 1 atom stereocenters. The van der Waals surface area contributed by atoms with Gasteiger partial charge in [0.25, 0.3) is 0 Å². The van der Waals surface area contributed by atoms with Gasteiger partial charge in [0, 0.05) is 36.4 Å². The molecule has 1 saturated heterocycles. The van der Waals surface area contributed by atoms with Gasteiger partial charge in [0.15, 0.2) is 0 Å². The first-order valence-corrected chi connectivity index (χ1v) is 8.24. The third-order valence-electron chi connectivity index (χ3n) is 4.19. The van der Waals surface area contributed by atoms with E-state index in [0.29, 0.717) is 6.04 Å². The summed E-state index contributed by atoms with van der Waals surface area (Å²) in [7, 11) is 0. The zero-order valence-electron chi connectivity index (χ0n) is 13.0. The van der Waals surface area contributed by atoms with Crippen LogP contribution >= 0.6 is 11.6 Å². The van der Waals surface area contributed by atoms with Gasteiger partial charge >= 0.3 is 0 Å². The monoisotopic (exact) mass is 294 g/mol. The Kier molecular flexibility index (Phi) is 5.74. The number of piperidine rings is 1. The van der Waals surface area contributed by atoms with Crippen LogP contribution in [-0.2, 0) is 6.54 Å². The molecule has 1 fully saturated rings. The first-order valence-electron chi connectivity index (χ1n) is 7.87. The summed E-state index contributed by atoms with van der Waals surface area (Å²) in [4.78, 5) is 2.53. The van der Waals surface area contributed by atoms with Crippen molar-refractivity contribution in [3.05, 3.63) is 28.8 Å². The zero-order chi connectivity index (χ0) is 14.5. The smallest absolute Gasteiger partial charge is 0.0426 e. The van der Waals surface area contributed by atoms with Gasteiger partial charge in [0.05, 0.1) is 0 Å². The van der Waals surface area contributed by atoms with E-state index in [1.807, 2.05) is 6.07 Å². The van der Waals surface area contributed by atoms with Gasteiger partial charge < -0.3 is 10.2 Å². The molecule has 0 bridgehead atoms. The maximum atomic E-state index is 6.22. The molecule has 20 heavy (non-hydrogen) atoms. The van der Waals surface area contributed by atoms with Gasteiger partial charge in [-0.3, -0.25) is 0 Å². The highest BCUT2D eigenvalue weighted by molar-refractivity contribution is 6.30. The van der Waals surface area contributed by atoms with Crippen LogP contribution in [0.3, 0.4) is 0 Å². The highest BCUT2D eigenvalue weighted by Crippen LogP contribution is 2.30. The van der Waals surface area contributed by atoms with E-state index in [9.17, 15) is 0 Å². The SMILES string of the molecule is CCC1CCCN(c2cc(Cl)ccc2CNC(C)C)C1. The topological polar surface area (TPSA) is 15.3 Å². The van der Waals surface area contributed by atoms with Crippen molar-refractivity contribution in [2.75, 3.05) is 18.0 Å². The van der Waals surface area contributed by atoms with Gasteiger partial charge in [-0.2, -0.15) is 0 Å². The van der Waals surface area contributed by atoms with Crippen LogP contribution in [0, 0.1) is 5.92 Å². The average Bonchev–Trinajstić information content (AvgIpc) is 2.46. The lowest BCUT2D eigenvalue weighted by Gasteiger charge is -2.35. The van der Waals surface area contributed by atoms with Crippen molar-refractivity contribution in [1.29, 1.82) is 0 Å². The van der Waals surface area contributed by atoms with Crippen molar-refractivity contribution in [2.24, 2.45) is 5.92 Å². The second kappa shape index (κ2) is 7.33. The predicted octanol–water partition coefficient (Wildman–Crippen LogP) is 4.46. The fourth-order valence-corrected chi connectivity index (χ4v) is 3.08. The molecule has 2 rings (SSSR count). The van der Waals surface area contributed by atoms with E-state index < -0.39 is 0 Å². The second-order valence-corrected chi connectivity index (χ2v) is 6.61. The summed E-state index contributed by atoms with van der Waals surface area (Å²) in [5.41, 5.74) is 2.68. The van der Waals surface area contributed by atoms with Crippen LogP contribution in [0.2, 0.25) is 5.02 Å². The molecule has 0 spiro atoms. The first kappa shape index (κ1) is 15.7. The molecule has 3 heteroatoms. The van der Waals surface area contributed by atoms with Crippen molar-refractivity contribution in [3.63, 3.8) is 0 Å².